The van der Waals surface area contributed by atoms with Gasteiger partial charge in [-0.2, -0.15) is 0 Å². The molecule has 2 aliphatic heterocycles. The number of para-hydroxylation sites is 1. The van der Waals surface area contributed by atoms with Crippen LogP contribution in [0.25, 0.3) is 0 Å². The molecule has 4 rings (SSSR count). The molecule has 1 saturated carbocycles. The first-order valence-electron chi connectivity index (χ1n) is 10.4. The number of carbonyl (C=O) groups is 2. The Morgan fingerprint density at radius 1 is 1.19 bits per heavy atom. The topological polar surface area (TPSA) is 58.6 Å². The highest BCUT2D eigenvalue weighted by Crippen LogP contribution is 2.46. The van der Waals surface area contributed by atoms with Crippen molar-refractivity contribution in [2.24, 2.45) is 5.92 Å². The fourth-order valence-corrected chi connectivity index (χ4v) is 5.12. The lowest BCUT2D eigenvalue weighted by molar-refractivity contribution is -0.139. The number of benzene rings is 1. The largest absolute Gasteiger partial charge is 0.487 e. The molecule has 1 aliphatic carbocycles. The van der Waals surface area contributed by atoms with Gasteiger partial charge in [-0.15, -0.1) is 0 Å². The monoisotopic (exact) mass is 370 g/mol. The van der Waals surface area contributed by atoms with Crippen LogP contribution in [0, 0.1) is 5.92 Å². The number of nitrogens with one attached hydrogen (secondary N) is 1. The lowest BCUT2D eigenvalue weighted by Crippen LogP contribution is -2.52. The molecular weight excluding hydrogens is 340 g/mol. The zero-order chi connectivity index (χ0) is 18.9. The molecule has 2 fully saturated rings. The van der Waals surface area contributed by atoms with Gasteiger partial charge in [0.2, 0.25) is 11.8 Å². The molecule has 0 aromatic heterocycles. The molecule has 146 valence electrons. The van der Waals surface area contributed by atoms with Gasteiger partial charge in [-0.25, -0.2) is 0 Å². The summed E-state index contributed by atoms with van der Waals surface area (Å²) in [5.41, 5.74) is 0.885. The number of rotatable bonds is 3. The first-order valence-corrected chi connectivity index (χ1v) is 10.4. The summed E-state index contributed by atoms with van der Waals surface area (Å²) < 4.78 is 6.49. The van der Waals surface area contributed by atoms with Crippen molar-refractivity contribution in [1.29, 1.82) is 0 Å². The molecule has 1 atom stereocenters. The predicted molar refractivity (Wildman–Crippen MR) is 104 cm³/mol. The van der Waals surface area contributed by atoms with Crippen LogP contribution in [0.5, 0.6) is 5.75 Å². The molecule has 2 heterocycles. The van der Waals surface area contributed by atoms with Crippen molar-refractivity contribution < 1.29 is 14.3 Å². The van der Waals surface area contributed by atoms with Crippen LogP contribution in [0.2, 0.25) is 0 Å². The van der Waals surface area contributed by atoms with E-state index in [9.17, 15) is 9.59 Å². The molecule has 1 saturated heterocycles. The summed E-state index contributed by atoms with van der Waals surface area (Å²) in [5, 5.41) is 2.76. The molecule has 2 amide bonds. The fourth-order valence-electron chi connectivity index (χ4n) is 5.12. The lowest BCUT2D eigenvalue weighted by atomic mass is 9.76. The fraction of sp³-hybridized carbons (Fsp3) is 0.636. The summed E-state index contributed by atoms with van der Waals surface area (Å²) in [7, 11) is 1.69. The first-order chi connectivity index (χ1) is 13.1. The summed E-state index contributed by atoms with van der Waals surface area (Å²) in [4.78, 5) is 26.8. The Morgan fingerprint density at radius 3 is 2.59 bits per heavy atom. The second kappa shape index (κ2) is 7.53. The zero-order valence-electron chi connectivity index (χ0n) is 16.2. The third-order valence-electron chi connectivity index (χ3n) is 6.71. The molecule has 1 aromatic carbocycles. The van der Waals surface area contributed by atoms with E-state index in [1.54, 1.807) is 7.05 Å². The van der Waals surface area contributed by atoms with E-state index in [0.29, 0.717) is 12.3 Å². The van der Waals surface area contributed by atoms with E-state index in [1.807, 2.05) is 18.2 Å². The number of piperidine rings is 1. The smallest absolute Gasteiger partial charge is 0.225 e. The van der Waals surface area contributed by atoms with Crippen molar-refractivity contribution in [2.45, 2.75) is 62.9 Å². The second-order valence-electron chi connectivity index (χ2n) is 8.41. The Kier molecular flexibility index (Phi) is 5.11. The van der Waals surface area contributed by atoms with Crippen LogP contribution in [-0.2, 0) is 9.59 Å². The number of hydrogen-bond donors (Lipinski definition) is 1. The SMILES string of the molecule is CNC(=O)C[C@@H]1CC2(CCN(C(=O)C3CCCC3)CC2)Oc2ccccc21. The van der Waals surface area contributed by atoms with E-state index in [2.05, 4.69) is 16.3 Å². The van der Waals surface area contributed by atoms with Crippen LogP contribution < -0.4 is 10.1 Å². The van der Waals surface area contributed by atoms with Crippen LogP contribution in [0.15, 0.2) is 24.3 Å². The van der Waals surface area contributed by atoms with Crippen LogP contribution in [0.1, 0.15) is 62.8 Å². The molecule has 27 heavy (non-hydrogen) atoms. The van der Waals surface area contributed by atoms with E-state index >= 15 is 0 Å². The van der Waals surface area contributed by atoms with E-state index in [-0.39, 0.29) is 23.3 Å². The van der Waals surface area contributed by atoms with Crippen LogP contribution >= 0.6 is 0 Å². The van der Waals surface area contributed by atoms with Crippen molar-refractivity contribution in [3.8, 4) is 5.75 Å². The molecule has 1 spiro atoms. The normalized spacial score (nSPS) is 24.3. The van der Waals surface area contributed by atoms with Crippen molar-refractivity contribution in [2.75, 3.05) is 20.1 Å². The van der Waals surface area contributed by atoms with E-state index in [1.165, 1.54) is 12.8 Å². The van der Waals surface area contributed by atoms with E-state index < -0.39 is 0 Å². The van der Waals surface area contributed by atoms with Crippen LogP contribution in [0.3, 0.4) is 0 Å². The van der Waals surface area contributed by atoms with E-state index in [0.717, 1.165) is 56.5 Å². The third-order valence-corrected chi connectivity index (χ3v) is 6.71. The quantitative estimate of drug-likeness (QED) is 0.889. The Balaban J connectivity index is 1.47. The molecule has 5 nitrogen and oxygen atoms in total. The predicted octanol–water partition coefficient (Wildman–Crippen LogP) is 3.24. The average Bonchev–Trinajstić information content (AvgIpc) is 3.23. The highest BCUT2D eigenvalue weighted by Gasteiger charge is 2.44. The Morgan fingerprint density at radius 2 is 1.89 bits per heavy atom. The maximum absolute atomic E-state index is 12.8. The molecular formula is C22H30N2O3. The summed E-state index contributed by atoms with van der Waals surface area (Å²) in [6.45, 7) is 1.54. The highest BCUT2D eigenvalue weighted by atomic mass is 16.5. The summed E-state index contributed by atoms with van der Waals surface area (Å²) in [5.74, 6) is 1.74. The molecule has 5 heteroatoms. The molecule has 1 aromatic rings. The summed E-state index contributed by atoms with van der Waals surface area (Å²) >= 11 is 0. The highest BCUT2D eigenvalue weighted by molar-refractivity contribution is 5.79. The van der Waals surface area contributed by atoms with Gasteiger partial charge in [-0.3, -0.25) is 9.59 Å². The van der Waals surface area contributed by atoms with Gasteiger partial charge in [0.25, 0.3) is 0 Å². The van der Waals surface area contributed by atoms with Gasteiger partial charge < -0.3 is 15.0 Å². The minimum Gasteiger partial charge on any atom is -0.487 e. The van der Waals surface area contributed by atoms with Crippen molar-refractivity contribution in [1.82, 2.24) is 10.2 Å². The van der Waals surface area contributed by atoms with Crippen LogP contribution in [-0.4, -0.2) is 42.5 Å². The van der Waals surface area contributed by atoms with Gasteiger partial charge in [0.15, 0.2) is 0 Å². The van der Waals surface area contributed by atoms with E-state index in [4.69, 9.17) is 4.74 Å². The minimum atomic E-state index is -0.250. The second-order valence-corrected chi connectivity index (χ2v) is 8.41. The number of hydrogen-bond acceptors (Lipinski definition) is 3. The van der Waals surface area contributed by atoms with Gasteiger partial charge in [-0.1, -0.05) is 31.0 Å². The first kappa shape index (κ1) is 18.3. The molecule has 0 radical (unpaired) electrons. The maximum Gasteiger partial charge on any atom is 0.225 e. The summed E-state index contributed by atoms with van der Waals surface area (Å²) in [6, 6.07) is 8.10. The van der Waals surface area contributed by atoms with Gasteiger partial charge in [0.1, 0.15) is 11.4 Å². The number of likely N-dealkylation sites (tertiary alicyclic amines) is 1. The van der Waals surface area contributed by atoms with Gasteiger partial charge in [-0.05, 0) is 30.9 Å². The Hall–Kier alpha value is -2.04. The number of ether oxygens (including phenoxy) is 1. The number of carbonyl (C=O) groups excluding carboxylic acids is 2. The van der Waals surface area contributed by atoms with Gasteiger partial charge in [0, 0.05) is 51.2 Å². The van der Waals surface area contributed by atoms with Crippen molar-refractivity contribution in [3.63, 3.8) is 0 Å². The van der Waals surface area contributed by atoms with Crippen molar-refractivity contribution in [3.05, 3.63) is 29.8 Å². The third kappa shape index (κ3) is 3.69. The minimum absolute atomic E-state index is 0.0701. The van der Waals surface area contributed by atoms with Gasteiger partial charge in [0.05, 0.1) is 0 Å². The zero-order valence-corrected chi connectivity index (χ0v) is 16.2. The standard InChI is InChI=1S/C22H30N2O3/c1-23-20(25)14-17-15-22(27-19-9-5-4-8-18(17)19)10-12-24(13-11-22)21(26)16-6-2-3-7-16/h4-5,8-9,16-17H,2-3,6-7,10-15H2,1H3,(H,23,25)/t17-/m1/s1. The maximum atomic E-state index is 12.8. The van der Waals surface area contributed by atoms with Crippen molar-refractivity contribution >= 4 is 11.8 Å². The molecule has 0 unspecified atom stereocenters. The lowest BCUT2D eigenvalue weighted by Gasteiger charge is -2.47. The molecule has 0 bridgehead atoms. The van der Waals surface area contributed by atoms with Crippen LogP contribution in [0.4, 0.5) is 0 Å². The van der Waals surface area contributed by atoms with Gasteiger partial charge >= 0.3 is 0 Å². The molecule has 1 N–H and O–H groups in total. The Bertz CT molecular complexity index is 703. The number of nitrogens with zero attached hydrogens (tertiary/aromatic N) is 1. The Labute approximate surface area is 161 Å². The molecule has 3 aliphatic rings. The average molecular weight is 370 g/mol. The number of amides is 2. The summed E-state index contributed by atoms with van der Waals surface area (Å²) in [6.07, 6.45) is 7.53. The number of fused-ring (bicyclic) bond motifs is 1.